The molecule has 0 N–H and O–H groups in total. The van der Waals surface area contributed by atoms with Gasteiger partial charge < -0.3 is 4.57 Å². The second kappa shape index (κ2) is 16.2. The van der Waals surface area contributed by atoms with Crippen molar-refractivity contribution in [2.75, 3.05) is 0 Å². The lowest BCUT2D eigenvalue weighted by Crippen LogP contribution is -2.74. The molecule has 0 unspecified atom stereocenters. The van der Waals surface area contributed by atoms with Gasteiger partial charge >= 0.3 is 0 Å². The van der Waals surface area contributed by atoms with Crippen LogP contribution in [0, 0.1) is 0 Å². The lowest BCUT2D eigenvalue weighted by molar-refractivity contribution is 0.952. The quantitative estimate of drug-likeness (QED) is 0.113. The molecule has 0 aliphatic carbocycles. The molecule has 14 rings (SSSR count). The summed E-state index contributed by atoms with van der Waals surface area (Å²) >= 11 is 1.81. The lowest BCUT2D eigenvalue weighted by Gasteiger charge is -2.34. The van der Waals surface area contributed by atoms with Crippen LogP contribution < -0.4 is 20.7 Å². The SMILES string of the molecule is c1ccc([Si](c2ccccc2)(c2ccccc2)c2cccc(-c3nc(-c4cc5sc6ccccc6c5cc4-n4c5ccccc5c5ccccc54)nc(-n4c5ccccc5c5ccccc54)n3)c2)cc1. The van der Waals surface area contributed by atoms with E-state index in [-0.39, 0.29) is 0 Å². The summed E-state index contributed by atoms with van der Waals surface area (Å²) in [5, 5.41) is 12.3. The summed E-state index contributed by atoms with van der Waals surface area (Å²) in [6.07, 6.45) is 0. The summed E-state index contributed by atoms with van der Waals surface area (Å²) in [7, 11) is -2.90. The molecule has 0 saturated heterocycles. The predicted molar refractivity (Wildman–Crippen MR) is 296 cm³/mol. The highest BCUT2D eigenvalue weighted by Crippen LogP contribution is 2.42. The normalized spacial score (nSPS) is 12.0. The van der Waals surface area contributed by atoms with Gasteiger partial charge in [0.1, 0.15) is 0 Å². The van der Waals surface area contributed by atoms with Crippen LogP contribution >= 0.6 is 11.3 Å². The van der Waals surface area contributed by atoms with Crippen molar-refractivity contribution in [3.63, 3.8) is 0 Å². The van der Waals surface area contributed by atoms with Crippen LogP contribution in [0.4, 0.5) is 0 Å². The average Bonchev–Trinajstić information content (AvgIpc) is 4.09. The minimum atomic E-state index is -2.90. The number of rotatable bonds is 8. The van der Waals surface area contributed by atoms with Crippen LogP contribution in [0.25, 0.3) is 98.2 Å². The molecule has 0 aliphatic rings. The molecule has 5 nitrogen and oxygen atoms in total. The number of thiophene rings is 1. The number of fused-ring (bicyclic) bond motifs is 9. The van der Waals surface area contributed by atoms with Crippen molar-refractivity contribution in [1.82, 2.24) is 24.1 Å². The summed E-state index contributed by atoms with van der Waals surface area (Å²) in [4.78, 5) is 16.8. The van der Waals surface area contributed by atoms with Crippen LogP contribution in [0.1, 0.15) is 0 Å². The van der Waals surface area contributed by atoms with Gasteiger partial charge in [-0.2, -0.15) is 9.97 Å². The highest BCUT2D eigenvalue weighted by Gasteiger charge is 2.41. The van der Waals surface area contributed by atoms with E-state index in [1.807, 2.05) is 11.3 Å². The number of para-hydroxylation sites is 4. The van der Waals surface area contributed by atoms with E-state index in [2.05, 4.69) is 258 Å². The first-order valence-electron chi connectivity index (χ1n) is 23.7. The fourth-order valence-electron chi connectivity index (χ4n) is 11.1. The highest BCUT2D eigenvalue weighted by atomic mass is 32.1. The van der Waals surface area contributed by atoms with Gasteiger partial charge in [0.15, 0.2) is 19.7 Å². The van der Waals surface area contributed by atoms with Gasteiger partial charge in [-0.05, 0) is 63.2 Å². The van der Waals surface area contributed by atoms with Gasteiger partial charge in [0.2, 0.25) is 5.95 Å². The van der Waals surface area contributed by atoms with Gasteiger partial charge in [-0.25, -0.2) is 4.98 Å². The minimum Gasteiger partial charge on any atom is -0.308 e. The Balaban J connectivity index is 1.09. The number of benzene rings is 10. The zero-order chi connectivity index (χ0) is 46.2. The average molecular weight is 928 g/mol. The van der Waals surface area contributed by atoms with Crippen molar-refractivity contribution in [2.24, 2.45) is 0 Å². The van der Waals surface area contributed by atoms with E-state index in [0.29, 0.717) is 17.6 Å². The highest BCUT2D eigenvalue weighted by molar-refractivity contribution is 7.25. The second-order valence-corrected chi connectivity index (χ2v) is 22.8. The van der Waals surface area contributed by atoms with E-state index in [0.717, 1.165) is 49.7 Å². The van der Waals surface area contributed by atoms with Crippen molar-refractivity contribution in [2.45, 2.75) is 0 Å². The van der Waals surface area contributed by atoms with Crippen molar-refractivity contribution in [1.29, 1.82) is 0 Å². The molecule has 4 aromatic heterocycles. The molecule has 10 aromatic carbocycles. The smallest absolute Gasteiger partial charge is 0.238 e. The summed E-state index contributed by atoms with van der Waals surface area (Å²) < 4.78 is 7.05. The fraction of sp³-hybridized carbons (Fsp3) is 0. The molecule has 14 aromatic rings. The van der Waals surface area contributed by atoms with Crippen molar-refractivity contribution in [3.8, 4) is 34.4 Å². The molecule has 0 amide bonds. The zero-order valence-corrected chi connectivity index (χ0v) is 39.6. The molecule has 7 heteroatoms. The number of hydrogen-bond donors (Lipinski definition) is 0. The van der Waals surface area contributed by atoms with Crippen LogP contribution in [0.2, 0.25) is 0 Å². The molecule has 328 valence electrons. The zero-order valence-electron chi connectivity index (χ0n) is 37.8. The first-order chi connectivity index (χ1) is 34.7. The van der Waals surface area contributed by atoms with Gasteiger partial charge in [0.05, 0.1) is 27.8 Å². The van der Waals surface area contributed by atoms with Crippen molar-refractivity contribution in [3.05, 3.63) is 249 Å². The maximum absolute atomic E-state index is 5.65. The maximum atomic E-state index is 5.65. The van der Waals surface area contributed by atoms with E-state index in [1.54, 1.807) is 0 Å². The van der Waals surface area contributed by atoms with Gasteiger partial charge in [-0.15, -0.1) is 11.3 Å². The van der Waals surface area contributed by atoms with E-state index in [9.17, 15) is 0 Å². The number of aromatic nitrogens is 5. The molecular weight excluding hydrogens is 887 g/mol. The van der Waals surface area contributed by atoms with Gasteiger partial charge in [0, 0.05) is 52.8 Å². The summed E-state index contributed by atoms with van der Waals surface area (Å²) in [6, 6.07) is 90.2. The molecular formula is C63H41N5SSi. The largest absolute Gasteiger partial charge is 0.308 e. The molecule has 0 saturated carbocycles. The summed E-state index contributed by atoms with van der Waals surface area (Å²) in [5.41, 5.74) is 7.17. The van der Waals surface area contributed by atoms with Crippen molar-refractivity contribution >= 4 is 104 Å². The minimum absolute atomic E-state index is 0.560. The number of hydrogen-bond acceptors (Lipinski definition) is 4. The molecule has 0 fully saturated rings. The Morgan fingerprint density at radius 3 is 1.30 bits per heavy atom. The molecule has 0 atom stereocenters. The predicted octanol–water partition coefficient (Wildman–Crippen LogP) is 13.1. The van der Waals surface area contributed by atoms with E-state index < -0.39 is 8.07 Å². The third-order valence-electron chi connectivity index (χ3n) is 14.1. The lowest BCUT2D eigenvalue weighted by atomic mass is 10.1. The Kier molecular flexibility index (Phi) is 9.33. The topological polar surface area (TPSA) is 48.5 Å². The van der Waals surface area contributed by atoms with E-state index in [4.69, 9.17) is 15.0 Å². The Hall–Kier alpha value is -8.75. The van der Waals surface area contributed by atoms with Crippen LogP contribution in [0.15, 0.2) is 249 Å². The number of nitrogens with zero attached hydrogens (tertiary/aromatic N) is 5. The Morgan fingerprint density at radius 1 is 0.314 bits per heavy atom. The standard InChI is InChI=1S/C63H41N5SSi/c1-4-22-43(23-5-1)70(44-24-6-2-7-25-44,45-26-8-3-9-27-45)46-28-20-21-42(39-46)61-64-62(66-63(65-61)68-56-36-17-12-31-49(56)50-32-13-18-37-57(50)68)53-41-60-52(51-33-14-19-38-59(51)69-60)40-58(53)67-54-34-15-10-29-47(54)48-30-11-16-35-55(48)67/h1-41H. The third kappa shape index (κ3) is 6.19. The van der Waals surface area contributed by atoms with Gasteiger partial charge in [0.25, 0.3) is 0 Å². The Morgan fingerprint density at radius 2 is 0.757 bits per heavy atom. The first-order valence-corrected chi connectivity index (χ1v) is 26.5. The molecule has 0 radical (unpaired) electrons. The Bertz CT molecular complexity index is 4110. The molecule has 0 aliphatic heterocycles. The molecule has 70 heavy (non-hydrogen) atoms. The third-order valence-corrected chi connectivity index (χ3v) is 20.0. The van der Waals surface area contributed by atoms with Gasteiger partial charge in [-0.3, -0.25) is 4.57 Å². The first kappa shape index (κ1) is 40.3. The summed E-state index contributed by atoms with van der Waals surface area (Å²) in [6.45, 7) is 0. The molecule has 0 bridgehead atoms. The molecule has 0 spiro atoms. The van der Waals surface area contributed by atoms with Crippen molar-refractivity contribution < 1.29 is 0 Å². The van der Waals surface area contributed by atoms with E-state index >= 15 is 0 Å². The van der Waals surface area contributed by atoms with Crippen LogP contribution in [-0.4, -0.2) is 32.2 Å². The summed E-state index contributed by atoms with van der Waals surface area (Å²) in [5.74, 6) is 1.76. The van der Waals surface area contributed by atoms with Crippen LogP contribution in [-0.2, 0) is 0 Å². The van der Waals surface area contributed by atoms with Crippen LogP contribution in [0.5, 0.6) is 0 Å². The van der Waals surface area contributed by atoms with Crippen LogP contribution in [0.3, 0.4) is 0 Å². The van der Waals surface area contributed by atoms with E-state index in [1.165, 1.54) is 51.7 Å². The molecule has 4 heterocycles. The second-order valence-electron chi connectivity index (χ2n) is 17.9. The fourth-order valence-corrected chi connectivity index (χ4v) is 17.0. The monoisotopic (exact) mass is 927 g/mol. The maximum Gasteiger partial charge on any atom is 0.238 e. The van der Waals surface area contributed by atoms with Gasteiger partial charge in [-0.1, -0.05) is 206 Å². The Labute approximate surface area is 408 Å².